The minimum atomic E-state index is -0.970. The van der Waals surface area contributed by atoms with Gasteiger partial charge in [-0.25, -0.2) is 13.6 Å². The van der Waals surface area contributed by atoms with Crippen molar-refractivity contribution < 1.29 is 32.3 Å². The van der Waals surface area contributed by atoms with Crippen molar-refractivity contribution in [1.29, 1.82) is 0 Å². The summed E-state index contributed by atoms with van der Waals surface area (Å²) in [5, 5.41) is 3.01. The minimum absolute atomic E-state index is 0.0617. The van der Waals surface area contributed by atoms with Gasteiger partial charge in [-0.3, -0.25) is 4.79 Å². The van der Waals surface area contributed by atoms with Gasteiger partial charge in [-0.15, -0.1) is 0 Å². The number of benzene rings is 3. The molecule has 1 atom stereocenters. The Morgan fingerprint density at radius 2 is 1.55 bits per heavy atom. The maximum absolute atomic E-state index is 14.0. The number of carbonyl (C=O) groups is 2. The normalized spacial score (nSPS) is 22.2. The summed E-state index contributed by atoms with van der Waals surface area (Å²) in [6.07, 6.45) is 0.181. The van der Waals surface area contributed by atoms with E-state index in [9.17, 15) is 18.4 Å². The molecule has 1 amide bonds. The molecule has 2 bridgehead atoms. The van der Waals surface area contributed by atoms with Gasteiger partial charge in [-0.05, 0) is 65.6 Å². The summed E-state index contributed by atoms with van der Waals surface area (Å²) < 4.78 is 39.5. The summed E-state index contributed by atoms with van der Waals surface area (Å²) in [4.78, 5) is 26.2. The molecule has 6 rings (SSSR count). The summed E-state index contributed by atoms with van der Waals surface area (Å²) >= 11 is 0. The predicted molar refractivity (Wildman–Crippen MR) is 138 cm³/mol. The zero-order chi connectivity index (χ0) is 26.7. The van der Waals surface area contributed by atoms with Crippen molar-refractivity contribution in [3.63, 3.8) is 0 Å². The molecule has 3 aliphatic rings. The van der Waals surface area contributed by atoms with Crippen LogP contribution in [0.4, 0.5) is 13.6 Å². The van der Waals surface area contributed by atoms with Crippen molar-refractivity contribution in [3.05, 3.63) is 101 Å². The molecular weight excluding hydrogens is 490 g/mol. The number of carbonyl (C=O) groups excluding carboxylic acids is 2. The van der Waals surface area contributed by atoms with Crippen LogP contribution < -0.4 is 10.1 Å². The van der Waals surface area contributed by atoms with Crippen LogP contribution >= 0.6 is 0 Å². The number of nitrogens with one attached hydrogen (secondary N) is 1. The average molecular weight is 522 g/mol. The van der Waals surface area contributed by atoms with Crippen LogP contribution in [0.25, 0.3) is 0 Å². The fourth-order valence-electron chi connectivity index (χ4n) is 5.81. The molecule has 3 aliphatic heterocycles. The Labute approximate surface area is 220 Å². The number of hydrogen-bond acceptors (Lipinski definition) is 4. The molecule has 0 saturated carbocycles. The molecular formula is C30H31F2N2O4+. The number of methoxy groups -OCH3 is 1. The highest BCUT2D eigenvalue weighted by Gasteiger charge is 2.47. The second kappa shape index (κ2) is 10.9. The van der Waals surface area contributed by atoms with E-state index < -0.39 is 23.8 Å². The third kappa shape index (κ3) is 5.70. The maximum atomic E-state index is 14.0. The van der Waals surface area contributed by atoms with Crippen molar-refractivity contribution >= 4 is 11.9 Å². The molecule has 0 radical (unpaired) electrons. The fourth-order valence-corrected chi connectivity index (χ4v) is 5.81. The quantitative estimate of drug-likeness (QED) is 0.324. The molecule has 38 heavy (non-hydrogen) atoms. The Bertz CT molecular complexity index is 1260. The molecule has 1 N–H and O–H groups in total. The number of Topliss-reactive ketones (excluding diaryl/α,β-unsaturated/α-hetero) is 1. The molecule has 6 nitrogen and oxygen atoms in total. The number of rotatable bonds is 8. The highest BCUT2D eigenvalue weighted by molar-refractivity contribution is 5.97. The van der Waals surface area contributed by atoms with Gasteiger partial charge < -0.3 is 19.3 Å². The molecule has 3 aromatic carbocycles. The number of piperidine rings is 3. The summed E-state index contributed by atoms with van der Waals surface area (Å²) in [5.41, 5.74) is 1.46. The van der Waals surface area contributed by atoms with E-state index in [1.807, 2.05) is 0 Å². The lowest BCUT2D eigenvalue weighted by molar-refractivity contribution is -0.936. The van der Waals surface area contributed by atoms with E-state index in [2.05, 4.69) is 5.32 Å². The third-order valence-corrected chi connectivity index (χ3v) is 7.82. The molecule has 198 valence electrons. The first kappa shape index (κ1) is 25.9. The number of ketones is 1. The van der Waals surface area contributed by atoms with E-state index >= 15 is 0 Å². The van der Waals surface area contributed by atoms with Crippen molar-refractivity contribution in [2.45, 2.75) is 25.0 Å². The van der Waals surface area contributed by atoms with Crippen LogP contribution in [-0.4, -0.2) is 55.7 Å². The Kier molecular flexibility index (Phi) is 7.42. The van der Waals surface area contributed by atoms with Crippen LogP contribution in [0.1, 0.15) is 40.4 Å². The lowest BCUT2D eigenvalue weighted by atomic mass is 9.81. The van der Waals surface area contributed by atoms with Crippen molar-refractivity contribution in [2.75, 3.05) is 33.3 Å². The third-order valence-electron chi connectivity index (χ3n) is 7.82. The first-order valence-corrected chi connectivity index (χ1v) is 12.8. The van der Waals surface area contributed by atoms with Crippen molar-refractivity contribution in [2.24, 2.45) is 5.92 Å². The van der Waals surface area contributed by atoms with Crippen LogP contribution in [0.15, 0.2) is 72.8 Å². The van der Waals surface area contributed by atoms with Gasteiger partial charge >= 0.3 is 6.09 Å². The second-order valence-corrected chi connectivity index (χ2v) is 10.3. The highest BCUT2D eigenvalue weighted by Crippen LogP contribution is 2.35. The molecule has 3 saturated heterocycles. The number of nitrogens with zero attached hydrogens (tertiary/aromatic N) is 1. The zero-order valence-electron chi connectivity index (χ0n) is 21.2. The Morgan fingerprint density at radius 1 is 0.947 bits per heavy atom. The first-order valence-electron chi connectivity index (χ1n) is 12.8. The predicted octanol–water partition coefficient (Wildman–Crippen LogP) is 5.28. The first-order chi connectivity index (χ1) is 18.3. The number of alkyl carbamates (subject to hydrolysis) is 1. The standard InChI is InChI=1S/C30H30F2N2O4/c1-37-26-10-8-21(9-11-26)28(35)19-34-14-12-20(13-15-34)27(18-34)33-30(36)38-29(22-4-2-6-24(31)16-22)23-5-3-7-25(32)17-23/h2-11,16-17,20,27,29H,12-15,18-19H2,1H3/p+1/t20?,27-,34?/m0/s1. The highest BCUT2D eigenvalue weighted by atomic mass is 19.1. The molecule has 3 aromatic rings. The van der Waals surface area contributed by atoms with Gasteiger partial charge in [0.2, 0.25) is 5.78 Å². The van der Waals surface area contributed by atoms with Crippen LogP contribution in [-0.2, 0) is 4.74 Å². The number of amides is 1. The number of quaternary nitrogens is 1. The zero-order valence-corrected chi connectivity index (χ0v) is 21.2. The summed E-state index contributed by atoms with van der Waals surface area (Å²) in [6.45, 7) is 2.76. The van der Waals surface area contributed by atoms with E-state index in [4.69, 9.17) is 9.47 Å². The van der Waals surface area contributed by atoms with Crippen LogP contribution in [0, 0.1) is 17.6 Å². The number of halogens is 2. The lowest BCUT2D eigenvalue weighted by Crippen LogP contribution is -2.68. The Balaban J connectivity index is 1.28. The maximum Gasteiger partial charge on any atom is 0.408 e. The number of fused-ring (bicyclic) bond motifs is 3. The van der Waals surface area contributed by atoms with Crippen molar-refractivity contribution in [3.8, 4) is 5.75 Å². The van der Waals surface area contributed by atoms with E-state index in [1.54, 1.807) is 43.5 Å². The molecule has 0 spiro atoms. The Morgan fingerprint density at radius 3 is 2.11 bits per heavy atom. The van der Waals surface area contributed by atoms with Crippen molar-refractivity contribution in [1.82, 2.24) is 5.32 Å². The largest absolute Gasteiger partial charge is 0.497 e. The molecule has 0 aromatic heterocycles. The summed E-state index contributed by atoms with van der Waals surface area (Å²) in [5.74, 6) is 0.105. The van der Waals surface area contributed by atoms with Gasteiger partial charge in [0.15, 0.2) is 6.10 Å². The number of ether oxygens (including phenoxy) is 2. The van der Waals surface area contributed by atoms with Crippen LogP contribution in [0.3, 0.4) is 0 Å². The van der Waals surface area contributed by atoms with Gasteiger partial charge in [0.05, 0.1) is 32.8 Å². The van der Waals surface area contributed by atoms with Gasteiger partial charge in [0, 0.05) is 18.4 Å². The van der Waals surface area contributed by atoms with E-state index in [1.165, 1.54) is 36.4 Å². The van der Waals surface area contributed by atoms with Gasteiger partial charge in [0.25, 0.3) is 0 Å². The van der Waals surface area contributed by atoms with Crippen LogP contribution in [0.2, 0.25) is 0 Å². The minimum Gasteiger partial charge on any atom is -0.497 e. The number of hydrogen-bond donors (Lipinski definition) is 1. The fraction of sp³-hybridized carbons (Fsp3) is 0.333. The van der Waals surface area contributed by atoms with Gasteiger partial charge in [-0.2, -0.15) is 0 Å². The Hall–Kier alpha value is -3.78. The smallest absolute Gasteiger partial charge is 0.408 e. The summed E-state index contributed by atoms with van der Waals surface area (Å²) in [6, 6.07) is 18.5. The molecule has 3 heterocycles. The molecule has 8 heteroatoms. The van der Waals surface area contributed by atoms with E-state index in [0.29, 0.717) is 45.9 Å². The van der Waals surface area contributed by atoms with Gasteiger partial charge in [-0.1, -0.05) is 24.3 Å². The van der Waals surface area contributed by atoms with Gasteiger partial charge in [0.1, 0.15) is 23.9 Å². The SMILES string of the molecule is COc1ccc(C(=O)C[N+]23CCC(CC2)[C@@H](NC(=O)OC(c2cccc(F)c2)c2cccc(F)c2)C3)cc1. The summed E-state index contributed by atoms with van der Waals surface area (Å²) in [7, 11) is 1.59. The topological polar surface area (TPSA) is 64.6 Å². The molecule has 0 unspecified atom stereocenters. The monoisotopic (exact) mass is 521 g/mol. The average Bonchev–Trinajstić information content (AvgIpc) is 2.92. The second-order valence-electron chi connectivity index (χ2n) is 10.3. The van der Waals surface area contributed by atoms with E-state index in [0.717, 1.165) is 25.9 Å². The lowest BCUT2D eigenvalue weighted by Gasteiger charge is -2.52. The van der Waals surface area contributed by atoms with Crippen LogP contribution in [0.5, 0.6) is 5.75 Å². The molecule has 0 aliphatic carbocycles. The van der Waals surface area contributed by atoms with E-state index in [-0.39, 0.29) is 11.8 Å². The molecule has 3 fully saturated rings.